The Labute approximate surface area is 205 Å². The zero-order valence-electron chi connectivity index (χ0n) is 18.8. The first-order valence-corrected chi connectivity index (χ1v) is 11.1. The number of pyridine rings is 1. The molecule has 0 atom stereocenters. The van der Waals surface area contributed by atoms with Gasteiger partial charge in [0.25, 0.3) is 5.56 Å². The average Bonchev–Trinajstić information content (AvgIpc) is 3.65. The van der Waals surface area contributed by atoms with Crippen LogP contribution in [-0.2, 0) is 6.54 Å². The molecule has 0 aliphatic heterocycles. The number of halogens is 1. The quantitative estimate of drug-likeness (QED) is 0.158. The second-order valence-electron chi connectivity index (χ2n) is 7.97. The molecule has 2 heterocycles. The summed E-state index contributed by atoms with van der Waals surface area (Å²) in [5, 5.41) is 18.4. The van der Waals surface area contributed by atoms with Crippen molar-refractivity contribution in [3.63, 3.8) is 0 Å². The van der Waals surface area contributed by atoms with Crippen LogP contribution in [0.2, 0.25) is 5.02 Å². The number of nitrogens with two attached hydrogens (primary N) is 2. The molecular weight excluding hydrogens is 468 g/mol. The highest BCUT2D eigenvalue weighted by molar-refractivity contribution is 6.32. The van der Waals surface area contributed by atoms with E-state index in [0.717, 1.165) is 12.8 Å². The van der Waals surface area contributed by atoms with Gasteiger partial charge in [0.2, 0.25) is 0 Å². The van der Waals surface area contributed by atoms with E-state index in [0.29, 0.717) is 21.7 Å². The molecule has 11 heteroatoms. The number of fused-ring (bicyclic) bond motifs is 1. The zero-order chi connectivity index (χ0) is 25.1. The van der Waals surface area contributed by atoms with E-state index in [9.17, 15) is 10.0 Å². The normalized spacial score (nSPS) is 14.2. The van der Waals surface area contributed by atoms with Gasteiger partial charge >= 0.3 is 0 Å². The maximum Gasteiger partial charge on any atom is 0.267 e. The van der Waals surface area contributed by atoms with E-state index in [1.165, 1.54) is 4.57 Å². The van der Waals surface area contributed by atoms with Crippen LogP contribution in [0.3, 0.4) is 0 Å². The van der Waals surface area contributed by atoms with Crippen molar-refractivity contribution in [2.75, 3.05) is 0 Å². The lowest BCUT2D eigenvalue weighted by molar-refractivity contribution is 0.234. The van der Waals surface area contributed by atoms with Gasteiger partial charge in [-0.05, 0) is 49.4 Å². The number of rotatable bonds is 5. The molecule has 0 saturated heterocycles. The summed E-state index contributed by atoms with van der Waals surface area (Å²) < 4.78 is 1.35. The van der Waals surface area contributed by atoms with E-state index in [-0.39, 0.29) is 46.6 Å². The van der Waals surface area contributed by atoms with E-state index in [2.05, 4.69) is 26.8 Å². The third-order valence-electron chi connectivity index (χ3n) is 5.39. The molecule has 0 amide bonds. The average molecular weight is 491 g/mol. The fraction of sp³-hybridized carbons (Fsp3) is 0.208. The molecule has 10 nitrogen and oxygen atoms in total. The standard InChI is InChI=1S/C24H23ClN8O2/c1-13-10-11-29-22-19(13)24(34)33(17-5-3-2-4-15(17)25)18(31-22)12-30-23(32-35)20(21(27)28)16(26)9-8-14-6-7-14/h2-5,10-11,14,35H,6-7,12,26H2,1H3,(H3,27,28)(H,30,32). The van der Waals surface area contributed by atoms with Gasteiger partial charge in [0.15, 0.2) is 11.5 Å². The van der Waals surface area contributed by atoms with Crippen molar-refractivity contribution in [3.05, 3.63) is 74.6 Å². The number of aryl methyl sites for hydroxylation is 1. The fourth-order valence-corrected chi connectivity index (χ4v) is 3.69. The molecule has 2 aromatic heterocycles. The van der Waals surface area contributed by atoms with Gasteiger partial charge in [-0.15, -0.1) is 0 Å². The Morgan fingerprint density at radius 1 is 1.34 bits per heavy atom. The number of hydrogen-bond donors (Lipinski definition) is 5. The third-order valence-corrected chi connectivity index (χ3v) is 5.71. The van der Waals surface area contributed by atoms with Gasteiger partial charge < -0.3 is 11.5 Å². The monoisotopic (exact) mass is 490 g/mol. The maximum atomic E-state index is 13.6. The Bertz CT molecular complexity index is 1510. The van der Waals surface area contributed by atoms with Crippen LogP contribution in [0.1, 0.15) is 24.2 Å². The Kier molecular flexibility index (Phi) is 6.82. The van der Waals surface area contributed by atoms with Crippen LogP contribution in [-0.4, -0.2) is 31.4 Å². The molecule has 0 unspecified atom stereocenters. The van der Waals surface area contributed by atoms with E-state index in [1.54, 1.807) is 43.5 Å². The van der Waals surface area contributed by atoms with Crippen LogP contribution in [0, 0.1) is 30.1 Å². The number of hydrogen-bond acceptors (Lipinski definition) is 7. The molecule has 1 aliphatic carbocycles. The number of amidine groups is 2. The Morgan fingerprint density at radius 2 is 2.09 bits per heavy atom. The van der Waals surface area contributed by atoms with Gasteiger partial charge in [0.1, 0.15) is 18.2 Å². The fourth-order valence-electron chi connectivity index (χ4n) is 3.47. The number of hydroxylamine groups is 1. The summed E-state index contributed by atoms with van der Waals surface area (Å²) in [5.74, 6) is 5.62. The number of para-hydroxylation sites is 1. The van der Waals surface area contributed by atoms with Crippen LogP contribution in [0.5, 0.6) is 0 Å². The molecule has 7 N–H and O–H groups in total. The molecule has 1 fully saturated rings. The van der Waals surface area contributed by atoms with Gasteiger partial charge in [0, 0.05) is 12.1 Å². The van der Waals surface area contributed by atoms with Crippen molar-refractivity contribution in [1.82, 2.24) is 20.0 Å². The highest BCUT2D eigenvalue weighted by Crippen LogP contribution is 2.27. The second kappa shape index (κ2) is 9.97. The van der Waals surface area contributed by atoms with E-state index in [1.807, 2.05) is 5.48 Å². The first-order valence-electron chi connectivity index (χ1n) is 10.7. The number of nitrogens with one attached hydrogen (secondary N) is 2. The molecule has 35 heavy (non-hydrogen) atoms. The van der Waals surface area contributed by atoms with Crippen LogP contribution >= 0.6 is 11.6 Å². The molecule has 1 aliphatic rings. The molecule has 1 aromatic carbocycles. The number of allylic oxidation sites excluding steroid dienone is 1. The maximum absolute atomic E-state index is 13.6. The largest absolute Gasteiger partial charge is 0.391 e. The van der Waals surface area contributed by atoms with Gasteiger partial charge in [-0.2, -0.15) is 0 Å². The molecule has 0 radical (unpaired) electrons. The number of aromatic nitrogens is 3. The summed E-state index contributed by atoms with van der Waals surface area (Å²) in [5.41, 5.74) is 14.6. The summed E-state index contributed by atoms with van der Waals surface area (Å²) in [6, 6.07) is 8.57. The predicted octanol–water partition coefficient (Wildman–Crippen LogP) is 2.18. The minimum absolute atomic E-state index is 0.00282. The van der Waals surface area contributed by atoms with Gasteiger partial charge in [-0.1, -0.05) is 29.7 Å². The molecular formula is C24H23ClN8O2. The molecule has 1 saturated carbocycles. The Hall–Kier alpha value is -4.20. The summed E-state index contributed by atoms with van der Waals surface area (Å²) in [4.78, 5) is 26.7. The molecule has 3 aromatic rings. The van der Waals surface area contributed by atoms with Crippen molar-refractivity contribution in [2.45, 2.75) is 26.3 Å². The van der Waals surface area contributed by atoms with Crippen molar-refractivity contribution >= 4 is 34.3 Å². The molecule has 0 bridgehead atoms. The highest BCUT2D eigenvalue weighted by atomic mass is 35.5. The van der Waals surface area contributed by atoms with Gasteiger partial charge in [-0.3, -0.25) is 30.5 Å². The lowest BCUT2D eigenvalue weighted by Crippen LogP contribution is -2.32. The molecule has 4 rings (SSSR count). The topological polar surface area (TPSA) is 168 Å². The van der Waals surface area contributed by atoms with E-state index < -0.39 is 5.84 Å². The summed E-state index contributed by atoms with van der Waals surface area (Å²) >= 11 is 6.41. The minimum atomic E-state index is -0.430. The number of benzene rings is 1. The summed E-state index contributed by atoms with van der Waals surface area (Å²) in [7, 11) is 0. The Balaban J connectivity index is 1.88. The van der Waals surface area contributed by atoms with Crippen molar-refractivity contribution in [3.8, 4) is 17.5 Å². The lowest BCUT2D eigenvalue weighted by atomic mass is 10.1. The van der Waals surface area contributed by atoms with Crippen molar-refractivity contribution < 1.29 is 5.21 Å². The van der Waals surface area contributed by atoms with Crippen LogP contribution < -0.4 is 22.5 Å². The van der Waals surface area contributed by atoms with Crippen LogP contribution in [0.4, 0.5) is 0 Å². The lowest BCUT2D eigenvalue weighted by Gasteiger charge is -2.15. The zero-order valence-corrected chi connectivity index (χ0v) is 19.6. The number of nitrogens with zero attached hydrogens (tertiary/aromatic N) is 4. The summed E-state index contributed by atoms with van der Waals surface area (Å²) in [6.45, 7) is 1.60. The molecule has 178 valence electrons. The minimum Gasteiger partial charge on any atom is -0.391 e. The number of aliphatic imine (C=N–C) groups is 1. The van der Waals surface area contributed by atoms with Gasteiger partial charge in [0.05, 0.1) is 27.4 Å². The SMILES string of the molecule is Cc1ccnc2nc(CN=C(NO)C(C(=N)N)=C(N)C#CC3CC3)n(-c3ccccc3Cl)c(=O)c12. The van der Waals surface area contributed by atoms with Crippen molar-refractivity contribution in [1.29, 1.82) is 5.41 Å². The van der Waals surface area contributed by atoms with Crippen LogP contribution in [0.25, 0.3) is 16.7 Å². The van der Waals surface area contributed by atoms with E-state index in [4.69, 9.17) is 28.5 Å². The third kappa shape index (κ3) is 5.01. The highest BCUT2D eigenvalue weighted by Gasteiger charge is 2.20. The second-order valence-corrected chi connectivity index (χ2v) is 8.38. The molecule has 0 spiro atoms. The smallest absolute Gasteiger partial charge is 0.267 e. The van der Waals surface area contributed by atoms with Gasteiger partial charge in [-0.25, -0.2) is 9.97 Å². The van der Waals surface area contributed by atoms with Crippen LogP contribution in [0.15, 0.2) is 57.6 Å². The van der Waals surface area contributed by atoms with Crippen molar-refractivity contribution in [2.24, 2.45) is 22.4 Å². The summed E-state index contributed by atoms with van der Waals surface area (Å²) in [6.07, 6.45) is 3.55. The predicted molar refractivity (Wildman–Crippen MR) is 135 cm³/mol. The first-order chi connectivity index (χ1) is 16.8. The Morgan fingerprint density at radius 3 is 2.74 bits per heavy atom. The van der Waals surface area contributed by atoms with E-state index >= 15 is 0 Å². The first kappa shape index (κ1) is 23.9.